The number of fused-ring (bicyclic) bond motifs is 1. The molecule has 0 aromatic carbocycles. The molecule has 2 atom stereocenters. The normalized spacial score (nSPS) is 45.9. The molecule has 0 unspecified atom stereocenters. The Morgan fingerprint density at radius 1 is 1.14 bits per heavy atom. The van der Waals surface area contributed by atoms with Crippen LogP contribution in [0.2, 0.25) is 0 Å². The molecule has 2 rings (SSSR count). The Kier molecular flexibility index (Phi) is 1.92. The Morgan fingerprint density at radius 2 is 1.79 bits per heavy atom. The number of rotatable bonds is 0. The van der Waals surface area contributed by atoms with Crippen molar-refractivity contribution in [3.05, 3.63) is 11.6 Å². The maximum Gasteiger partial charge on any atom is 0.0744 e. The molecule has 0 aromatic rings. The van der Waals surface area contributed by atoms with Crippen LogP contribution in [0, 0.1) is 10.8 Å². The van der Waals surface area contributed by atoms with Gasteiger partial charge in [0.2, 0.25) is 0 Å². The Hall–Kier alpha value is -0.300. The Morgan fingerprint density at radius 3 is 2.36 bits per heavy atom. The fourth-order valence-corrected chi connectivity index (χ4v) is 3.49. The van der Waals surface area contributed by atoms with Gasteiger partial charge in [0, 0.05) is 5.41 Å². The van der Waals surface area contributed by atoms with E-state index in [4.69, 9.17) is 0 Å². The van der Waals surface area contributed by atoms with E-state index in [0.29, 0.717) is 5.41 Å². The summed E-state index contributed by atoms with van der Waals surface area (Å²) < 4.78 is 0. The van der Waals surface area contributed by atoms with Crippen molar-refractivity contribution in [2.24, 2.45) is 10.8 Å². The van der Waals surface area contributed by atoms with E-state index in [1.807, 2.05) is 6.92 Å². The lowest BCUT2D eigenvalue weighted by Gasteiger charge is -2.49. The molecule has 0 aromatic heterocycles. The van der Waals surface area contributed by atoms with Gasteiger partial charge in [-0.05, 0) is 31.6 Å². The van der Waals surface area contributed by atoms with Gasteiger partial charge in [-0.3, -0.25) is 0 Å². The van der Waals surface area contributed by atoms with E-state index in [1.165, 1.54) is 18.4 Å². The van der Waals surface area contributed by atoms with Crippen LogP contribution >= 0.6 is 0 Å². The van der Waals surface area contributed by atoms with Crippen molar-refractivity contribution >= 4 is 0 Å². The Balaban J connectivity index is 2.43. The average molecular weight is 194 g/mol. The van der Waals surface area contributed by atoms with Crippen molar-refractivity contribution in [2.45, 2.75) is 59.0 Å². The Bertz CT molecular complexity index is 286. The fraction of sp³-hybridized carbons (Fsp3) is 0.846. The van der Waals surface area contributed by atoms with Crippen LogP contribution in [-0.4, -0.2) is 10.7 Å². The predicted octanol–water partition coefficient (Wildman–Crippen LogP) is 3.28. The smallest absolute Gasteiger partial charge is 0.0744 e. The molecule has 0 radical (unpaired) electrons. The molecule has 0 amide bonds. The summed E-state index contributed by atoms with van der Waals surface area (Å²) in [4.78, 5) is 0. The van der Waals surface area contributed by atoms with E-state index in [1.54, 1.807) is 0 Å². The molecule has 1 saturated carbocycles. The van der Waals surface area contributed by atoms with Crippen LogP contribution in [0.4, 0.5) is 0 Å². The highest BCUT2D eigenvalue weighted by atomic mass is 16.3. The molecule has 0 saturated heterocycles. The van der Waals surface area contributed by atoms with Crippen LogP contribution in [0.1, 0.15) is 53.4 Å². The van der Waals surface area contributed by atoms with Gasteiger partial charge in [0.25, 0.3) is 0 Å². The van der Waals surface area contributed by atoms with Gasteiger partial charge >= 0.3 is 0 Å². The standard InChI is InChI=1S/C13H22O/c1-11(2)7-5-8-12(3)10(11)6-9-13(12,4)14/h6,14H,5,7-9H2,1-4H3/t12-,13+/m0/s1. The molecule has 1 fully saturated rings. The summed E-state index contributed by atoms with van der Waals surface area (Å²) in [7, 11) is 0. The quantitative estimate of drug-likeness (QED) is 0.587. The maximum absolute atomic E-state index is 10.4. The highest BCUT2D eigenvalue weighted by Gasteiger charge is 2.54. The number of aliphatic hydroxyl groups is 1. The van der Waals surface area contributed by atoms with E-state index in [0.717, 1.165) is 12.8 Å². The van der Waals surface area contributed by atoms with E-state index in [9.17, 15) is 5.11 Å². The summed E-state index contributed by atoms with van der Waals surface area (Å²) >= 11 is 0. The summed E-state index contributed by atoms with van der Waals surface area (Å²) in [5.74, 6) is 0. The first kappa shape index (κ1) is 10.2. The molecule has 2 aliphatic carbocycles. The highest BCUT2D eigenvalue weighted by Crippen LogP contribution is 2.59. The largest absolute Gasteiger partial charge is 0.389 e. The molecule has 1 nitrogen and oxygen atoms in total. The van der Waals surface area contributed by atoms with Gasteiger partial charge in [-0.15, -0.1) is 0 Å². The molecular weight excluding hydrogens is 172 g/mol. The van der Waals surface area contributed by atoms with Gasteiger partial charge in [0.15, 0.2) is 0 Å². The fourth-order valence-electron chi connectivity index (χ4n) is 3.49. The van der Waals surface area contributed by atoms with E-state index in [-0.39, 0.29) is 5.41 Å². The average Bonchev–Trinajstić information content (AvgIpc) is 2.23. The van der Waals surface area contributed by atoms with E-state index >= 15 is 0 Å². The first-order chi connectivity index (χ1) is 6.30. The minimum absolute atomic E-state index is 0.0365. The van der Waals surface area contributed by atoms with Gasteiger partial charge in [0.05, 0.1) is 5.60 Å². The third-order valence-corrected chi connectivity index (χ3v) is 4.69. The second-order valence-electron chi connectivity index (χ2n) is 6.17. The summed E-state index contributed by atoms with van der Waals surface area (Å²) in [5, 5.41) is 10.4. The van der Waals surface area contributed by atoms with Crippen molar-refractivity contribution in [2.75, 3.05) is 0 Å². The molecule has 0 bridgehead atoms. The minimum atomic E-state index is -0.514. The summed E-state index contributed by atoms with van der Waals surface area (Å²) in [6, 6.07) is 0. The van der Waals surface area contributed by atoms with Crippen molar-refractivity contribution in [1.82, 2.24) is 0 Å². The molecule has 0 aliphatic heterocycles. The minimum Gasteiger partial charge on any atom is -0.389 e. The van der Waals surface area contributed by atoms with Crippen LogP contribution < -0.4 is 0 Å². The van der Waals surface area contributed by atoms with E-state index in [2.05, 4.69) is 26.8 Å². The van der Waals surface area contributed by atoms with Crippen LogP contribution in [0.25, 0.3) is 0 Å². The summed E-state index contributed by atoms with van der Waals surface area (Å²) in [6.45, 7) is 8.87. The third kappa shape index (κ3) is 1.11. The number of hydrogen-bond acceptors (Lipinski definition) is 1. The Labute approximate surface area is 87.2 Å². The SMILES string of the molecule is CC1(C)CCC[C@@]2(C)C1=CC[C@@]2(C)O. The molecule has 1 heteroatoms. The van der Waals surface area contributed by atoms with Crippen LogP contribution in [0.15, 0.2) is 11.6 Å². The molecule has 0 spiro atoms. The van der Waals surface area contributed by atoms with Crippen molar-refractivity contribution in [3.8, 4) is 0 Å². The van der Waals surface area contributed by atoms with Crippen molar-refractivity contribution < 1.29 is 5.11 Å². The highest BCUT2D eigenvalue weighted by molar-refractivity contribution is 5.33. The predicted molar refractivity (Wildman–Crippen MR) is 59.1 cm³/mol. The lowest BCUT2D eigenvalue weighted by molar-refractivity contribution is -0.0480. The number of hydrogen-bond donors (Lipinski definition) is 1. The van der Waals surface area contributed by atoms with Gasteiger partial charge < -0.3 is 5.11 Å². The zero-order chi connectivity index (χ0) is 10.6. The monoisotopic (exact) mass is 194 g/mol. The second kappa shape index (κ2) is 2.63. The van der Waals surface area contributed by atoms with Crippen molar-refractivity contribution in [3.63, 3.8) is 0 Å². The molecular formula is C13H22O. The van der Waals surface area contributed by atoms with Crippen molar-refractivity contribution in [1.29, 1.82) is 0 Å². The molecule has 14 heavy (non-hydrogen) atoms. The lowest BCUT2D eigenvalue weighted by atomic mass is 9.58. The summed E-state index contributed by atoms with van der Waals surface area (Å²) in [6.07, 6.45) is 6.79. The molecule has 1 N–H and O–H groups in total. The van der Waals surface area contributed by atoms with E-state index < -0.39 is 5.60 Å². The summed E-state index contributed by atoms with van der Waals surface area (Å²) in [5.41, 5.74) is 1.32. The van der Waals surface area contributed by atoms with Gasteiger partial charge in [-0.2, -0.15) is 0 Å². The second-order valence-corrected chi connectivity index (χ2v) is 6.17. The topological polar surface area (TPSA) is 20.2 Å². The molecule has 80 valence electrons. The third-order valence-electron chi connectivity index (χ3n) is 4.69. The first-order valence-corrected chi connectivity index (χ1v) is 5.73. The van der Waals surface area contributed by atoms with Gasteiger partial charge in [-0.25, -0.2) is 0 Å². The zero-order valence-electron chi connectivity index (χ0n) is 9.85. The molecule has 2 aliphatic rings. The van der Waals surface area contributed by atoms with Gasteiger partial charge in [-0.1, -0.05) is 38.8 Å². The molecule has 0 heterocycles. The maximum atomic E-state index is 10.4. The van der Waals surface area contributed by atoms with Crippen LogP contribution in [0.3, 0.4) is 0 Å². The van der Waals surface area contributed by atoms with Crippen LogP contribution in [0.5, 0.6) is 0 Å². The van der Waals surface area contributed by atoms with Crippen LogP contribution in [-0.2, 0) is 0 Å². The lowest BCUT2D eigenvalue weighted by Crippen LogP contribution is -2.46. The zero-order valence-corrected chi connectivity index (χ0v) is 9.85. The van der Waals surface area contributed by atoms with Gasteiger partial charge in [0.1, 0.15) is 0 Å². The first-order valence-electron chi connectivity index (χ1n) is 5.73.